The van der Waals surface area contributed by atoms with Crippen molar-refractivity contribution in [2.45, 2.75) is 178 Å². The van der Waals surface area contributed by atoms with Crippen LogP contribution in [0.4, 0.5) is 5.69 Å². The number of nitrogens with zero attached hydrogens (tertiary/aromatic N) is 1. The molecule has 5 aliphatic carbocycles. The van der Waals surface area contributed by atoms with Gasteiger partial charge in [-0.2, -0.15) is 0 Å². The Hall–Kier alpha value is -4.28. The third kappa shape index (κ3) is 11.2. The predicted octanol–water partition coefficient (Wildman–Crippen LogP) is 10.1. The summed E-state index contributed by atoms with van der Waals surface area (Å²) in [7, 11) is 5.20. The number of hydrogen-bond donors (Lipinski definition) is 7. The van der Waals surface area contributed by atoms with Crippen LogP contribution in [0.1, 0.15) is 159 Å². The van der Waals surface area contributed by atoms with Gasteiger partial charge in [-0.15, -0.1) is 0 Å². The Morgan fingerprint density at radius 2 is 1.77 bits per heavy atom. The van der Waals surface area contributed by atoms with E-state index in [2.05, 4.69) is 58.0 Å². The fourth-order valence-corrected chi connectivity index (χ4v) is 14.8. The van der Waals surface area contributed by atoms with E-state index in [0.717, 1.165) is 127 Å². The third-order valence-corrected chi connectivity index (χ3v) is 18.0. The minimum atomic E-state index is -0.819. The number of rotatable bonds is 17. The Morgan fingerprint density at radius 3 is 2.54 bits per heavy atom. The summed E-state index contributed by atoms with van der Waals surface area (Å²) in [5.41, 5.74) is 0.780. The maximum atomic E-state index is 15.5. The molecule has 7 N–H and O–H groups in total. The lowest BCUT2D eigenvalue weighted by atomic mass is 9.50. The molecular formula is C58H84N4O8. The number of methoxy groups -OCH3 is 1. The van der Waals surface area contributed by atoms with E-state index in [4.69, 9.17) is 14.2 Å². The number of aromatic hydroxyl groups is 2. The molecule has 10 atom stereocenters. The molecule has 5 fully saturated rings. The predicted molar refractivity (Wildman–Crippen MR) is 276 cm³/mol. The largest absolute Gasteiger partial charge is 0.504 e. The van der Waals surface area contributed by atoms with Crippen molar-refractivity contribution in [1.82, 2.24) is 10.6 Å². The number of ketones is 1. The molecule has 0 amide bonds. The number of phenols is 2. The minimum Gasteiger partial charge on any atom is -0.504 e. The van der Waals surface area contributed by atoms with E-state index in [1.54, 1.807) is 20.2 Å². The molecule has 1 aliphatic heterocycles. The van der Waals surface area contributed by atoms with Crippen molar-refractivity contribution >= 4 is 17.4 Å². The van der Waals surface area contributed by atoms with E-state index in [-0.39, 0.29) is 53.7 Å². The molecule has 5 saturated carbocycles. The second kappa shape index (κ2) is 23.5. The number of fused-ring (bicyclic) bond motifs is 3. The first-order chi connectivity index (χ1) is 34.0. The number of aliphatic imine (C=N–C) groups is 1. The molecule has 6 aliphatic rings. The van der Waals surface area contributed by atoms with Crippen LogP contribution in [0.5, 0.6) is 23.0 Å². The lowest BCUT2D eigenvalue weighted by Crippen LogP contribution is -2.50. The normalized spacial score (nSPS) is 32.7. The fourth-order valence-electron chi connectivity index (χ4n) is 14.8. The van der Waals surface area contributed by atoms with E-state index < -0.39 is 22.7 Å². The fraction of sp³-hybridized carbons (Fsp3) is 0.690. The number of anilines is 1. The summed E-state index contributed by atoms with van der Waals surface area (Å²) >= 11 is 0. The Labute approximate surface area is 418 Å². The number of carbonyl (C=O) groups is 1. The average molecular weight is 965 g/mol. The molecule has 2 aromatic carbocycles. The van der Waals surface area contributed by atoms with Gasteiger partial charge < -0.3 is 45.3 Å². The number of ether oxygens (including phenoxy) is 3. The molecule has 1 spiro atoms. The molecule has 70 heavy (non-hydrogen) atoms. The van der Waals surface area contributed by atoms with E-state index in [0.29, 0.717) is 67.2 Å². The second-order valence-corrected chi connectivity index (χ2v) is 22.2. The highest BCUT2D eigenvalue weighted by Crippen LogP contribution is 2.64. The molecule has 384 valence electrons. The van der Waals surface area contributed by atoms with Gasteiger partial charge in [0.1, 0.15) is 5.60 Å². The van der Waals surface area contributed by atoms with Crippen molar-refractivity contribution in [1.29, 1.82) is 0 Å². The van der Waals surface area contributed by atoms with Crippen LogP contribution in [0, 0.1) is 52.9 Å². The minimum absolute atomic E-state index is 0.00389. The third-order valence-electron chi connectivity index (χ3n) is 18.0. The Balaban J connectivity index is 1.24. The zero-order valence-electron chi connectivity index (χ0n) is 42.7. The van der Waals surface area contributed by atoms with Crippen LogP contribution < -0.4 is 25.4 Å². The van der Waals surface area contributed by atoms with Gasteiger partial charge in [0.05, 0.1) is 18.9 Å². The van der Waals surface area contributed by atoms with E-state index in [1.165, 1.54) is 6.42 Å². The van der Waals surface area contributed by atoms with Gasteiger partial charge in [0.2, 0.25) is 5.96 Å². The number of hydrogen-bond acceptors (Lipinski definition) is 10. The smallest absolute Gasteiger partial charge is 0.207 e. The van der Waals surface area contributed by atoms with Gasteiger partial charge in [-0.1, -0.05) is 69.9 Å². The Bertz CT molecular complexity index is 2210. The zero-order chi connectivity index (χ0) is 49.3. The number of carbonyl (C=O) groups excluding carboxylic acids is 1. The highest BCUT2D eigenvalue weighted by molar-refractivity contribution is 5.97. The average Bonchev–Trinajstić information content (AvgIpc) is 4.10. The van der Waals surface area contributed by atoms with E-state index in [1.807, 2.05) is 25.3 Å². The summed E-state index contributed by atoms with van der Waals surface area (Å²) in [4.78, 5) is 20.1. The first kappa shape index (κ1) is 52.1. The van der Waals surface area contributed by atoms with Gasteiger partial charge in [-0.3, -0.25) is 15.1 Å². The van der Waals surface area contributed by atoms with Crippen molar-refractivity contribution in [3.8, 4) is 35.0 Å². The second-order valence-electron chi connectivity index (χ2n) is 22.2. The maximum Gasteiger partial charge on any atom is 0.207 e. The first-order valence-electron chi connectivity index (χ1n) is 27.2. The molecule has 1 heterocycles. The lowest BCUT2D eigenvalue weighted by Gasteiger charge is -2.54. The molecule has 0 saturated heterocycles. The molecule has 0 radical (unpaired) electrons. The summed E-state index contributed by atoms with van der Waals surface area (Å²) in [5, 5.41) is 54.6. The molecule has 12 heteroatoms. The molecule has 2 aromatic rings. The van der Waals surface area contributed by atoms with E-state index >= 15 is 4.79 Å². The molecule has 0 aromatic heterocycles. The van der Waals surface area contributed by atoms with Crippen molar-refractivity contribution < 1.29 is 39.4 Å². The number of phenolic OH excluding ortho intramolecular Hbond substituents is 2. The van der Waals surface area contributed by atoms with Crippen molar-refractivity contribution in [3.05, 3.63) is 53.6 Å². The molecule has 12 nitrogen and oxygen atoms in total. The number of aliphatic hydroxyl groups is 2. The molecule has 2 bridgehead atoms. The number of guanidine groups is 1. The van der Waals surface area contributed by atoms with Crippen molar-refractivity contribution in [3.63, 3.8) is 0 Å². The topological polar surface area (TPSA) is 174 Å². The van der Waals surface area contributed by atoms with Crippen LogP contribution in [-0.2, 0) is 21.4 Å². The SMILES string of the molecule is CCCC[C@@H]1C[C@@H](CCCO)[C@@H]2CCC[C@@]23c2cc(c(O)c(O[C@]4(CNC)CC[C@@H](C[C@H](O)OC5CCCCC5)C4)c2)NC(=NC)NC#CC[C@H]2CCC[C@@]2(Cc2ccc(O)c(OC)c2)C(=O)/C=C/[C@@H]13. The quantitative estimate of drug-likeness (QED) is 0.0457. The molecular weight excluding hydrogens is 881 g/mol. The lowest BCUT2D eigenvalue weighted by molar-refractivity contribution is -0.152. The van der Waals surface area contributed by atoms with Gasteiger partial charge in [0.25, 0.3) is 0 Å². The van der Waals surface area contributed by atoms with Gasteiger partial charge in [-0.25, -0.2) is 0 Å². The Morgan fingerprint density at radius 1 is 0.957 bits per heavy atom. The van der Waals surface area contributed by atoms with Crippen LogP contribution in [-0.4, -0.2) is 84.5 Å². The summed E-state index contributed by atoms with van der Waals surface area (Å²) in [6.07, 6.45) is 24.4. The van der Waals surface area contributed by atoms with Crippen LogP contribution in [0.3, 0.4) is 0 Å². The van der Waals surface area contributed by atoms with E-state index in [9.17, 15) is 20.4 Å². The summed E-state index contributed by atoms with van der Waals surface area (Å²) < 4.78 is 19.0. The summed E-state index contributed by atoms with van der Waals surface area (Å²) in [6.45, 7) is 2.98. The zero-order valence-corrected chi connectivity index (χ0v) is 42.7. The number of aliphatic hydroxyl groups excluding tert-OH is 2. The number of unbranched alkanes of at least 4 members (excludes halogenated alkanes) is 1. The first-order valence-corrected chi connectivity index (χ1v) is 27.2. The summed E-state index contributed by atoms with van der Waals surface area (Å²) in [6, 6.07) is 12.9. The Kier molecular flexibility index (Phi) is 17.5. The molecule has 0 unspecified atom stereocenters. The highest BCUT2D eigenvalue weighted by atomic mass is 16.6. The van der Waals surface area contributed by atoms with Crippen LogP contribution in [0.25, 0.3) is 0 Å². The standard InChI is InChI=1S/C58H84N4O8/c1-5-6-14-41-33-42(15-13-30-63)46-20-11-27-58(46)44-34-48(54(67)51(35-44)70-56(38-59-2)28-25-40(36-56)32-53(66)69-45-18-8-7-9-19-45)62-55(60-3)61-29-12-17-43-16-10-26-57(43,52(65)24-22-47(41)58)37-39-21-23-49(64)50(31-39)68-4/h21-24,31,34-35,40-43,45-47,53,59,63-64,66-67H,5-11,13-20,25-28,30,32-33,36-38H2,1-4H3,(H2,60,61,62)/b24-22+/t40-,41+,42+,43+,46-,47-,53+,56+,57-,58+/m0/s1. The number of benzene rings is 2. The van der Waals surface area contributed by atoms with Crippen LogP contribution >= 0.6 is 0 Å². The highest BCUT2D eigenvalue weighted by Gasteiger charge is 2.57. The van der Waals surface area contributed by atoms with Gasteiger partial charge in [0, 0.05) is 49.9 Å². The van der Waals surface area contributed by atoms with Crippen molar-refractivity contribution in [2.24, 2.45) is 45.9 Å². The number of allylic oxidation sites excluding steroid dienone is 2. The monoisotopic (exact) mass is 965 g/mol. The maximum absolute atomic E-state index is 15.5. The molecule has 8 rings (SSSR count). The van der Waals surface area contributed by atoms with Crippen LogP contribution in [0.15, 0.2) is 47.5 Å². The van der Waals surface area contributed by atoms with Crippen molar-refractivity contribution in [2.75, 3.05) is 39.7 Å². The van der Waals surface area contributed by atoms with Crippen LogP contribution in [0.2, 0.25) is 0 Å². The van der Waals surface area contributed by atoms with Gasteiger partial charge in [-0.05, 0) is 174 Å². The number of nitrogens with one attached hydrogen (secondary N) is 3. The van der Waals surface area contributed by atoms with Gasteiger partial charge >= 0.3 is 0 Å². The summed E-state index contributed by atoms with van der Waals surface area (Å²) in [5.74, 6) is 5.95. The number of likely N-dealkylation sites (N-methyl/N-ethyl adjacent to an activating group) is 1. The van der Waals surface area contributed by atoms with Gasteiger partial charge in [0.15, 0.2) is 35.1 Å².